The van der Waals surface area contributed by atoms with Gasteiger partial charge in [0.05, 0.1) is 6.04 Å². The molecule has 1 atom stereocenters. The average molecular weight is 231 g/mol. The molecule has 0 saturated carbocycles. The van der Waals surface area contributed by atoms with E-state index in [4.69, 9.17) is 0 Å². The molecule has 0 unspecified atom stereocenters. The molecule has 92 valence electrons. The van der Waals surface area contributed by atoms with Gasteiger partial charge in [-0.2, -0.15) is 0 Å². The average Bonchev–Trinajstić information content (AvgIpc) is 2.75. The van der Waals surface area contributed by atoms with Gasteiger partial charge in [-0.1, -0.05) is 32.0 Å². The van der Waals surface area contributed by atoms with E-state index in [1.54, 1.807) is 0 Å². The second-order valence-electron chi connectivity index (χ2n) is 5.27. The van der Waals surface area contributed by atoms with Gasteiger partial charge in [-0.25, -0.2) is 0 Å². The molecule has 1 aromatic rings. The molecule has 1 aliphatic rings. The van der Waals surface area contributed by atoms with Crippen molar-refractivity contribution >= 4 is 5.91 Å². The fourth-order valence-electron chi connectivity index (χ4n) is 2.32. The first-order chi connectivity index (χ1) is 8.08. The normalized spacial score (nSPS) is 15.8. The number of benzene rings is 1. The number of nitrogens with one attached hydrogen (secondary N) is 1. The van der Waals surface area contributed by atoms with Crippen LogP contribution in [0.3, 0.4) is 0 Å². The summed E-state index contributed by atoms with van der Waals surface area (Å²) in [6, 6.07) is 6.73. The molecule has 0 aromatic heterocycles. The van der Waals surface area contributed by atoms with E-state index < -0.39 is 0 Å². The molecular weight excluding hydrogens is 210 g/mol. The van der Waals surface area contributed by atoms with E-state index >= 15 is 0 Å². The zero-order valence-electron chi connectivity index (χ0n) is 10.9. The number of hydrogen-bond acceptors (Lipinski definition) is 1. The van der Waals surface area contributed by atoms with E-state index in [9.17, 15) is 4.79 Å². The number of fused-ring (bicyclic) bond motifs is 1. The van der Waals surface area contributed by atoms with Gasteiger partial charge in [0.1, 0.15) is 0 Å². The highest BCUT2D eigenvalue weighted by molar-refractivity contribution is 5.78. The van der Waals surface area contributed by atoms with Gasteiger partial charge < -0.3 is 5.32 Å². The minimum Gasteiger partial charge on any atom is -0.349 e. The predicted molar refractivity (Wildman–Crippen MR) is 69.9 cm³/mol. The molecule has 17 heavy (non-hydrogen) atoms. The molecule has 1 N–H and O–H groups in total. The largest absolute Gasteiger partial charge is 0.349 e. The van der Waals surface area contributed by atoms with Gasteiger partial charge in [-0.05, 0) is 42.9 Å². The second-order valence-corrected chi connectivity index (χ2v) is 5.27. The smallest absolute Gasteiger partial charge is 0.223 e. The van der Waals surface area contributed by atoms with E-state index in [0.717, 1.165) is 0 Å². The Balaban J connectivity index is 2.09. The Morgan fingerprint density at radius 1 is 1.18 bits per heavy atom. The van der Waals surface area contributed by atoms with Crippen molar-refractivity contribution in [3.63, 3.8) is 0 Å². The van der Waals surface area contributed by atoms with Crippen molar-refractivity contribution in [1.82, 2.24) is 5.32 Å². The van der Waals surface area contributed by atoms with Crippen LogP contribution in [0, 0.1) is 5.92 Å². The van der Waals surface area contributed by atoms with Crippen LogP contribution in [-0.2, 0) is 17.6 Å². The summed E-state index contributed by atoms with van der Waals surface area (Å²) in [6.45, 7) is 5.90. The highest BCUT2D eigenvalue weighted by Crippen LogP contribution is 2.25. The Labute approximate surface area is 103 Å². The number of hydrogen-bond donors (Lipinski definition) is 1. The molecule has 1 aromatic carbocycles. The molecule has 0 fully saturated rings. The molecule has 0 bridgehead atoms. The van der Waals surface area contributed by atoms with Gasteiger partial charge >= 0.3 is 0 Å². The predicted octanol–water partition coefficient (Wildman–Crippen LogP) is 3.01. The molecule has 1 aliphatic carbocycles. The van der Waals surface area contributed by atoms with Crippen LogP contribution in [0.1, 0.15) is 49.9 Å². The molecule has 0 spiro atoms. The van der Waals surface area contributed by atoms with Crippen LogP contribution in [0.25, 0.3) is 0 Å². The van der Waals surface area contributed by atoms with Crippen LogP contribution in [0.15, 0.2) is 18.2 Å². The molecule has 0 heterocycles. The van der Waals surface area contributed by atoms with Crippen molar-refractivity contribution in [3.8, 4) is 0 Å². The van der Waals surface area contributed by atoms with Crippen molar-refractivity contribution < 1.29 is 4.79 Å². The lowest BCUT2D eigenvalue weighted by molar-refractivity contribution is -0.124. The quantitative estimate of drug-likeness (QED) is 0.851. The van der Waals surface area contributed by atoms with Gasteiger partial charge in [0.2, 0.25) is 5.91 Å². The van der Waals surface area contributed by atoms with Crippen molar-refractivity contribution in [2.75, 3.05) is 0 Å². The molecule has 0 radical (unpaired) electrons. The standard InChI is InChI=1S/C15H21NO/c1-10(2)15(17)16-11(3)13-8-7-12-5-4-6-14(12)9-13/h7-11H,4-6H2,1-3H3,(H,16,17)/t11-/m1/s1. The lowest BCUT2D eigenvalue weighted by Gasteiger charge is -2.17. The number of amides is 1. The van der Waals surface area contributed by atoms with Crippen LogP contribution in [-0.4, -0.2) is 5.91 Å². The van der Waals surface area contributed by atoms with E-state index in [2.05, 4.69) is 30.4 Å². The summed E-state index contributed by atoms with van der Waals surface area (Å²) in [4.78, 5) is 11.6. The van der Waals surface area contributed by atoms with Gasteiger partial charge in [0, 0.05) is 5.92 Å². The summed E-state index contributed by atoms with van der Waals surface area (Å²) in [7, 11) is 0. The lowest BCUT2D eigenvalue weighted by atomic mass is 10.0. The molecule has 0 saturated heterocycles. The number of aryl methyl sites for hydroxylation is 2. The Bertz CT molecular complexity index is 423. The van der Waals surface area contributed by atoms with Crippen molar-refractivity contribution in [1.29, 1.82) is 0 Å². The van der Waals surface area contributed by atoms with Crippen LogP contribution in [0.5, 0.6) is 0 Å². The number of carbonyl (C=O) groups excluding carboxylic acids is 1. The fraction of sp³-hybridized carbons (Fsp3) is 0.533. The third-order valence-corrected chi connectivity index (χ3v) is 3.51. The highest BCUT2D eigenvalue weighted by Gasteiger charge is 2.15. The maximum Gasteiger partial charge on any atom is 0.223 e. The summed E-state index contributed by atoms with van der Waals surface area (Å²) in [5.74, 6) is 0.171. The molecule has 2 nitrogen and oxygen atoms in total. The van der Waals surface area contributed by atoms with Gasteiger partial charge in [-0.15, -0.1) is 0 Å². The first-order valence-electron chi connectivity index (χ1n) is 6.50. The van der Waals surface area contributed by atoms with E-state index in [1.165, 1.54) is 36.0 Å². The third-order valence-electron chi connectivity index (χ3n) is 3.51. The van der Waals surface area contributed by atoms with Crippen molar-refractivity contribution in [2.45, 2.75) is 46.1 Å². The zero-order chi connectivity index (χ0) is 12.4. The minimum absolute atomic E-state index is 0.0480. The third kappa shape index (κ3) is 2.68. The first-order valence-corrected chi connectivity index (χ1v) is 6.50. The Hall–Kier alpha value is -1.31. The Morgan fingerprint density at radius 2 is 1.88 bits per heavy atom. The fourth-order valence-corrected chi connectivity index (χ4v) is 2.32. The van der Waals surface area contributed by atoms with E-state index in [-0.39, 0.29) is 17.9 Å². The number of carbonyl (C=O) groups is 1. The van der Waals surface area contributed by atoms with E-state index in [0.29, 0.717) is 0 Å². The Morgan fingerprint density at radius 3 is 2.59 bits per heavy atom. The van der Waals surface area contributed by atoms with Gasteiger partial charge in [0.15, 0.2) is 0 Å². The Kier molecular flexibility index (Phi) is 3.51. The van der Waals surface area contributed by atoms with Crippen LogP contribution >= 0.6 is 0 Å². The second kappa shape index (κ2) is 4.91. The highest BCUT2D eigenvalue weighted by atomic mass is 16.1. The molecular formula is C15H21NO. The maximum atomic E-state index is 11.6. The van der Waals surface area contributed by atoms with Crippen molar-refractivity contribution in [2.24, 2.45) is 5.92 Å². The monoisotopic (exact) mass is 231 g/mol. The first kappa shape index (κ1) is 12.2. The lowest BCUT2D eigenvalue weighted by Crippen LogP contribution is -2.30. The topological polar surface area (TPSA) is 29.1 Å². The molecule has 2 rings (SSSR count). The van der Waals surface area contributed by atoms with Gasteiger partial charge in [0.25, 0.3) is 0 Å². The summed E-state index contributed by atoms with van der Waals surface area (Å²) >= 11 is 0. The van der Waals surface area contributed by atoms with Crippen LogP contribution < -0.4 is 5.32 Å². The summed E-state index contributed by atoms with van der Waals surface area (Å²) < 4.78 is 0. The molecule has 2 heteroatoms. The SMILES string of the molecule is CC(C)C(=O)N[C@H](C)c1ccc2c(c1)CCC2. The summed E-state index contributed by atoms with van der Waals surface area (Å²) in [5, 5.41) is 3.05. The minimum atomic E-state index is 0.0480. The number of rotatable bonds is 3. The summed E-state index contributed by atoms with van der Waals surface area (Å²) in [5.41, 5.74) is 4.17. The van der Waals surface area contributed by atoms with Crippen LogP contribution in [0.2, 0.25) is 0 Å². The summed E-state index contributed by atoms with van der Waals surface area (Å²) in [6.07, 6.45) is 3.67. The van der Waals surface area contributed by atoms with E-state index in [1.807, 2.05) is 13.8 Å². The van der Waals surface area contributed by atoms with Crippen molar-refractivity contribution in [3.05, 3.63) is 34.9 Å². The zero-order valence-corrected chi connectivity index (χ0v) is 10.9. The maximum absolute atomic E-state index is 11.6. The molecule has 1 amide bonds. The van der Waals surface area contributed by atoms with Gasteiger partial charge in [-0.3, -0.25) is 4.79 Å². The van der Waals surface area contributed by atoms with Crippen LogP contribution in [0.4, 0.5) is 0 Å². The molecule has 0 aliphatic heterocycles.